The maximum atomic E-state index is 12.7. The minimum absolute atomic E-state index is 0.116. The summed E-state index contributed by atoms with van der Waals surface area (Å²) in [6.45, 7) is 0.311. The van der Waals surface area contributed by atoms with E-state index in [1.54, 1.807) is 27.4 Å². The van der Waals surface area contributed by atoms with Gasteiger partial charge in [0.15, 0.2) is 11.5 Å². The van der Waals surface area contributed by atoms with Crippen molar-refractivity contribution in [1.82, 2.24) is 5.32 Å². The van der Waals surface area contributed by atoms with Crippen LogP contribution in [0.2, 0.25) is 0 Å². The van der Waals surface area contributed by atoms with Crippen LogP contribution in [0.25, 0.3) is 0 Å². The molecule has 8 nitrogen and oxygen atoms in total. The van der Waals surface area contributed by atoms with Crippen molar-refractivity contribution in [2.75, 3.05) is 21.3 Å². The largest absolute Gasteiger partial charge is 0.497 e. The molecule has 4 rings (SSSR count). The van der Waals surface area contributed by atoms with Crippen molar-refractivity contribution >= 4 is 11.7 Å². The lowest BCUT2D eigenvalue weighted by atomic mass is 9.85. The Hall–Kier alpha value is -3.68. The molecule has 1 aliphatic heterocycles. The molecule has 2 aromatic carbocycles. The summed E-state index contributed by atoms with van der Waals surface area (Å²) < 4.78 is 22.5. The number of nitrogens with two attached hydrogens (primary N) is 1. The van der Waals surface area contributed by atoms with E-state index in [4.69, 9.17) is 29.7 Å². The molecule has 0 aromatic heterocycles. The van der Waals surface area contributed by atoms with E-state index < -0.39 is 0 Å². The summed E-state index contributed by atoms with van der Waals surface area (Å²) in [4.78, 5) is 17.4. The third-order valence-electron chi connectivity index (χ3n) is 6.56. The van der Waals surface area contributed by atoms with Gasteiger partial charge in [0.2, 0.25) is 5.91 Å². The molecule has 35 heavy (non-hydrogen) atoms. The number of rotatable bonds is 8. The molecule has 1 heterocycles. The second kappa shape index (κ2) is 11.2. The van der Waals surface area contributed by atoms with Gasteiger partial charge in [-0.25, -0.2) is 0 Å². The fraction of sp³-hybridized carbons (Fsp3) is 0.407. The van der Waals surface area contributed by atoms with Gasteiger partial charge in [0, 0.05) is 35.7 Å². The summed E-state index contributed by atoms with van der Waals surface area (Å²) >= 11 is 0. The van der Waals surface area contributed by atoms with Gasteiger partial charge < -0.3 is 30.0 Å². The smallest absolute Gasteiger partial charge is 0.226 e. The van der Waals surface area contributed by atoms with E-state index in [1.807, 2.05) is 30.3 Å². The topological polar surface area (TPSA) is 104 Å². The fourth-order valence-electron chi connectivity index (χ4n) is 4.67. The van der Waals surface area contributed by atoms with E-state index in [0.29, 0.717) is 35.4 Å². The van der Waals surface area contributed by atoms with Crippen LogP contribution in [0.5, 0.6) is 23.0 Å². The summed E-state index contributed by atoms with van der Waals surface area (Å²) in [6.07, 6.45) is 6.41. The predicted molar refractivity (Wildman–Crippen MR) is 134 cm³/mol. The molecular formula is C27H33N3O5. The standard InChI is InChI=1S/C27H33N3O5/c1-32-20-10-8-18(24(13-20)34-3)16-29-27-22(15-28)21(14-26(31)30-27)17-9-11-23(33-2)25(12-17)35-19-6-4-5-7-19/h8-13,15,19,21H,4-7,14,16,28H2,1-3H3,(H,29,30,31). The molecule has 186 valence electrons. The van der Waals surface area contributed by atoms with Crippen molar-refractivity contribution in [3.05, 3.63) is 59.3 Å². The number of hydrogen-bond donors (Lipinski definition) is 2. The van der Waals surface area contributed by atoms with Crippen LogP contribution in [0.1, 0.15) is 49.1 Å². The third kappa shape index (κ3) is 5.53. The van der Waals surface area contributed by atoms with Gasteiger partial charge in [-0.15, -0.1) is 0 Å². The number of methoxy groups -OCH3 is 3. The van der Waals surface area contributed by atoms with Crippen LogP contribution in [0.4, 0.5) is 0 Å². The molecule has 1 atom stereocenters. The van der Waals surface area contributed by atoms with Crippen LogP contribution in [0, 0.1) is 0 Å². The zero-order valence-electron chi connectivity index (χ0n) is 20.5. The van der Waals surface area contributed by atoms with E-state index in [-0.39, 0.29) is 24.3 Å². The zero-order chi connectivity index (χ0) is 24.8. The van der Waals surface area contributed by atoms with Gasteiger partial charge in [-0.05, 0) is 55.5 Å². The molecule has 2 fully saturated rings. The molecule has 1 saturated carbocycles. The summed E-state index contributed by atoms with van der Waals surface area (Å²) in [5, 5.41) is 2.88. The van der Waals surface area contributed by atoms with Crippen LogP contribution in [0.3, 0.4) is 0 Å². The van der Waals surface area contributed by atoms with Crippen LogP contribution in [-0.4, -0.2) is 39.2 Å². The average molecular weight is 480 g/mol. The van der Waals surface area contributed by atoms with Crippen LogP contribution >= 0.6 is 0 Å². The highest BCUT2D eigenvalue weighted by atomic mass is 16.5. The zero-order valence-corrected chi connectivity index (χ0v) is 20.5. The summed E-state index contributed by atoms with van der Waals surface area (Å²) in [7, 11) is 4.84. The highest BCUT2D eigenvalue weighted by molar-refractivity contribution is 6.11. The molecule has 0 spiro atoms. The minimum atomic E-state index is -0.248. The first kappa shape index (κ1) is 24.4. The molecule has 2 aliphatic rings. The van der Waals surface area contributed by atoms with Crippen LogP contribution < -0.4 is 30.0 Å². The first-order chi connectivity index (χ1) is 17.1. The van der Waals surface area contributed by atoms with Gasteiger partial charge in [-0.2, -0.15) is 0 Å². The number of benzene rings is 2. The Morgan fingerprint density at radius 1 is 1.00 bits per heavy atom. The minimum Gasteiger partial charge on any atom is -0.497 e. The second-order valence-electron chi connectivity index (χ2n) is 8.70. The Morgan fingerprint density at radius 2 is 1.77 bits per heavy atom. The lowest BCUT2D eigenvalue weighted by molar-refractivity contribution is -0.120. The van der Waals surface area contributed by atoms with E-state index in [0.717, 1.165) is 29.5 Å². The number of piperidine rings is 1. The van der Waals surface area contributed by atoms with E-state index in [1.165, 1.54) is 19.0 Å². The van der Waals surface area contributed by atoms with E-state index >= 15 is 0 Å². The molecule has 1 amide bonds. The molecule has 1 aliphatic carbocycles. The van der Waals surface area contributed by atoms with E-state index in [9.17, 15) is 4.79 Å². The van der Waals surface area contributed by atoms with Crippen molar-refractivity contribution in [2.24, 2.45) is 10.7 Å². The number of nitrogens with zero attached hydrogens (tertiary/aromatic N) is 1. The molecular weight excluding hydrogens is 446 g/mol. The van der Waals surface area contributed by atoms with Crippen molar-refractivity contribution < 1.29 is 23.7 Å². The second-order valence-corrected chi connectivity index (χ2v) is 8.70. The Kier molecular flexibility index (Phi) is 7.80. The summed E-state index contributed by atoms with van der Waals surface area (Å²) in [5.41, 5.74) is 8.62. The molecule has 3 N–H and O–H groups in total. The van der Waals surface area contributed by atoms with E-state index in [2.05, 4.69) is 5.32 Å². The fourth-order valence-corrected chi connectivity index (χ4v) is 4.67. The van der Waals surface area contributed by atoms with Gasteiger partial charge in [0.05, 0.1) is 34.0 Å². The monoisotopic (exact) mass is 479 g/mol. The van der Waals surface area contributed by atoms with Gasteiger partial charge in [-0.3, -0.25) is 9.79 Å². The lowest BCUT2D eigenvalue weighted by Crippen LogP contribution is -2.40. The first-order valence-electron chi connectivity index (χ1n) is 11.9. The van der Waals surface area contributed by atoms with Gasteiger partial charge in [0.25, 0.3) is 0 Å². The molecule has 1 unspecified atom stereocenters. The number of carbonyl (C=O) groups excluding carboxylic acids is 1. The highest BCUT2D eigenvalue weighted by Gasteiger charge is 2.31. The Balaban J connectivity index is 1.61. The quantitative estimate of drug-likeness (QED) is 0.591. The van der Waals surface area contributed by atoms with Crippen LogP contribution in [0.15, 0.2) is 53.2 Å². The molecule has 2 aromatic rings. The Labute approximate surface area is 206 Å². The maximum Gasteiger partial charge on any atom is 0.226 e. The van der Waals surface area contributed by atoms with Gasteiger partial charge in [-0.1, -0.05) is 6.07 Å². The van der Waals surface area contributed by atoms with Crippen molar-refractivity contribution in [2.45, 2.75) is 50.7 Å². The number of amides is 1. The van der Waals surface area contributed by atoms with Crippen molar-refractivity contribution in [3.63, 3.8) is 0 Å². The number of carbonyl (C=O) groups is 1. The first-order valence-corrected chi connectivity index (χ1v) is 11.9. The molecule has 1 saturated heterocycles. The number of hydrogen-bond acceptors (Lipinski definition) is 7. The number of ether oxygens (including phenoxy) is 4. The lowest BCUT2D eigenvalue weighted by Gasteiger charge is -2.28. The van der Waals surface area contributed by atoms with Gasteiger partial charge in [0.1, 0.15) is 17.3 Å². The SMILES string of the molecule is COc1ccc(CN=C2NC(=O)CC(c3ccc(OC)c(OC4CCCC4)c3)C2=CN)c(OC)c1. The predicted octanol–water partition coefficient (Wildman–Crippen LogP) is 4.08. The normalized spacial score (nSPS) is 20.7. The maximum absolute atomic E-state index is 12.7. The van der Waals surface area contributed by atoms with Gasteiger partial charge >= 0.3 is 0 Å². The molecule has 0 bridgehead atoms. The summed E-state index contributed by atoms with van der Waals surface area (Å²) in [5.74, 6) is 2.83. The number of nitrogens with one attached hydrogen (secondary N) is 1. The molecule has 0 radical (unpaired) electrons. The number of amidine groups is 1. The Bertz CT molecular complexity index is 1120. The Morgan fingerprint density at radius 3 is 2.46 bits per heavy atom. The van der Waals surface area contributed by atoms with Crippen molar-refractivity contribution in [3.8, 4) is 23.0 Å². The molecule has 8 heteroatoms. The third-order valence-corrected chi connectivity index (χ3v) is 6.56. The number of aliphatic imine (C=N–C) groups is 1. The van der Waals surface area contributed by atoms with Crippen molar-refractivity contribution in [1.29, 1.82) is 0 Å². The van der Waals surface area contributed by atoms with Crippen LogP contribution in [-0.2, 0) is 11.3 Å². The summed E-state index contributed by atoms with van der Waals surface area (Å²) in [6, 6.07) is 11.4. The highest BCUT2D eigenvalue weighted by Crippen LogP contribution is 2.38. The average Bonchev–Trinajstić information content (AvgIpc) is 3.40.